The first-order valence-corrected chi connectivity index (χ1v) is 7.28. The van der Waals surface area contributed by atoms with Gasteiger partial charge in [-0.2, -0.15) is 13.2 Å². The number of likely N-dealkylation sites (tertiary alicyclic amines) is 1. The Morgan fingerprint density at radius 1 is 1.30 bits per heavy atom. The molecule has 0 aromatic rings. The maximum atomic E-state index is 12.8. The van der Waals surface area contributed by atoms with Gasteiger partial charge in [-0.15, -0.1) is 0 Å². The summed E-state index contributed by atoms with van der Waals surface area (Å²) in [6.45, 7) is 4.94. The molecule has 6 heteroatoms. The summed E-state index contributed by atoms with van der Waals surface area (Å²) in [5, 5.41) is 0. The second-order valence-electron chi connectivity index (χ2n) is 6.68. The first-order valence-electron chi connectivity index (χ1n) is 7.28. The van der Waals surface area contributed by atoms with E-state index in [2.05, 4.69) is 0 Å². The molecule has 116 valence electrons. The number of nitrogens with zero attached hydrogens (tertiary/aromatic N) is 1. The molecule has 0 aromatic carbocycles. The summed E-state index contributed by atoms with van der Waals surface area (Å²) >= 11 is 0. The summed E-state index contributed by atoms with van der Waals surface area (Å²) in [5.41, 5.74) is 5.76. The number of halogens is 3. The Labute approximate surface area is 117 Å². The third kappa shape index (κ3) is 2.95. The number of hydrogen-bond acceptors (Lipinski definition) is 2. The highest BCUT2D eigenvalue weighted by Gasteiger charge is 2.48. The van der Waals surface area contributed by atoms with E-state index in [4.69, 9.17) is 5.73 Å². The molecule has 1 heterocycles. The topological polar surface area (TPSA) is 46.3 Å². The van der Waals surface area contributed by atoms with Gasteiger partial charge in [-0.25, -0.2) is 0 Å². The fourth-order valence-corrected chi connectivity index (χ4v) is 3.15. The van der Waals surface area contributed by atoms with E-state index in [1.807, 2.05) is 13.8 Å². The number of hydrogen-bond donors (Lipinski definition) is 1. The van der Waals surface area contributed by atoms with E-state index in [0.29, 0.717) is 25.9 Å². The van der Waals surface area contributed by atoms with Gasteiger partial charge in [0.05, 0.1) is 11.5 Å². The molecule has 1 saturated carbocycles. The van der Waals surface area contributed by atoms with E-state index in [9.17, 15) is 18.0 Å². The highest BCUT2D eigenvalue weighted by atomic mass is 19.4. The van der Waals surface area contributed by atoms with Crippen molar-refractivity contribution in [1.29, 1.82) is 0 Å². The lowest BCUT2D eigenvalue weighted by Crippen LogP contribution is -2.71. The van der Waals surface area contributed by atoms with Crippen molar-refractivity contribution < 1.29 is 18.0 Å². The Kier molecular flexibility index (Phi) is 4.06. The van der Waals surface area contributed by atoms with Gasteiger partial charge in [0.1, 0.15) is 0 Å². The van der Waals surface area contributed by atoms with Gasteiger partial charge >= 0.3 is 6.18 Å². The quantitative estimate of drug-likeness (QED) is 0.850. The van der Waals surface area contributed by atoms with Gasteiger partial charge in [-0.05, 0) is 25.2 Å². The van der Waals surface area contributed by atoms with Crippen molar-refractivity contribution in [3.05, 3.63) is 0 Å². The highest BCUT2D eigenvalue weighted by Crippen LogP contribution is 2.41. The molecule has 0 radical (unpaired) electrons. The Morgan fingerprint density at radius 2 is 1.90 bits per heavy atom. The monoisotopic (exact) mass is 292 g/mol. The Hall–Kier alpha value is -0.780. The number of alkyl halides is 3. The summed E-state index contributed by atoms with van der Waals surface area (Å²) in [6.07, 6.45) is -3.03. The molecule has 1 aliphatic carbocycles. The van der Waals surface area contributed by atoms with Crippen LogP contribution in [0.2, 0.25) is 0 Å². The standard InChI is InChI=1S/C14H23F3N2O/c1-9(2)13(18)7-19(8-13)12(20)10-4-3-5-11(6-10)14(15,16)17/h9-11H,3-8,18H2,1-2H3. The largest absolute Gasteiger partial charge is 0.391 e. The molecule has 1 aliphatic heterocycles. The van der Waals surface area contributed by atoms with E-state index in [0.717, 1.165) is 0 Å². The van der Waals surface area contributed by atoms with Crippen LogP contribution in [0.4, 0.5) is 13.2 Å². The molecule has 0 bridgehead atoms. The molecule has 3 nitrogen and oxygen atoms in total. The van der Waals surface area contributed by atoms with Gasteiger partial charge in [0, 0.05) is 19.0 Å². The summed E-state index contributed by atoms with van der Waals surface area (Å²) in [6, 6.07) is 0. The van der Waals surface area contributed by atoms with Crippen LogP contribution in [0.25, 0.3) is 0 Å². The molecule has 2 N–H and O–H groups in total. The Morgan fingerprint density at radius 3 is 2.40 bits per heavy atom. The van der Waals surface area contributed by atoms with Crippen LogP contribution in [-0.4, -0.2) is 35.6 Å². The number of carbonyl (C=O) groups excluding carboxylic acids is 1. The van der Waals surface area contributed by atoms with Crippen molar-refractivity contribution in [1.82, 2.24) is 4.90 Å². The van der Waals surface area contributed by atoms with Gasteiger partial charge < -0.3 is 10.6 Å². The molecule has 2 fully saturated rings. The summed E-state index contributed by atoms with van der Waals surface area (Å²) in [7, 11) is 0. The predicted octanol–water partition coefficient (Wildman–Crippen LogP) is 2.55. The van der Waals surface area contributed by atoms with E-state index in [1.54, 1.807) is 4.90 Å². The molecule has 1 amide bonds. The third-order valence-electron chi connectivity index (χ3n) is 4.92. The van der Waals surface area contributed by atoms with Crippen molar-refractivity contribution in [3.63, 3.8) is 0 Å². The summed E-state index contributed by atoms with van der Waals surface area (Å²) in [5.74, 6) is -1.67. The number of amides is 1. The molecule has 2 atom stereocenters. The van der Waals surface area contributed by atoms with Crippen molar-refractivity contribution in [2.45, 2.75) is 51.2 Å². The summed E-state index contributed by atoms with van der Waals surface area (Å²) in [4.78, 5) is 13.9. The second-order valence-corrected chi connectivity index (χ2v) is 6.68. The van der Waals surface area contributed by atoms with E-state index < -0.39 is 18.0 Å². The van der Waals surface area contributed by atoms with Crippen LogP contribution in [0, 0.1) is 17.8 Å². The van der Waals surface area contributed by atoms with Crippen LogP contribution < -0.4 is 5.73 Å². The first kappa shape index (κ1) is 15.6. The SMILES string of the molecule is CC(C)C1(N)CN(C(=O)C2CCCC(C(F)(F)F)C2)C1. The lowest BCUT2D eigenvalue weighted by Gasteiger charge is -2.51. The highest BCUT2D eigenvalue weighted by molar-refractivity contribution is 5.80. The van der Waals surface area contributed by atoms with Crippen LogP contribution in [0.3, 0.4) is 0 Å². The lowest BCUT2D eigenvalue weighted by atomic mass is 9.76. The zero-order valence-electron chi connectivity index (χ0n) is 12.0. The number of rotatable bonds is 2. The van der Waals surface area contributed by atoms with Gasteiger partial charge in [0.15, 0.2) is 0 Å². The van der Waals surface area contributed by atoms with Crippen molar-refractivity contribution in [2.75, 3.05) is 13.1 Å². The zero-order chi connectivity index (χ0) is 15.1. The van der Waals surface area contributed by atoms with Crippen molar-refractivity contribution >= 4 is 5.91 Å². The van der Waals surface area contributed by atoms with Gasteiger partial charge in [-0.3, -0.25) is 4.79 Å². The number of carbonyl (C=O) groups is 1. The molecule has 2 unspecified atom stereocenters. The first-order chi connectivity index (χ1) is 9.13. The van der Waals surface area contributed by atoms with E-state index in [-0.39, 0.29) is 30.2 Å². The minimum absolute atomic E-state index is 0.0575. The van der Waals surface area contributed by atoms with E-state index >= 15 is 0 Å². The average molecular weight is 292 g/mol. The molecule has 0 aromatic heterocycles. The van der Waals surface area contributed by atoms with Gasteiger partial charge in [-0.1, -0.05) is 20.3 Å². The minimum Gasteiger partial charge on any atom is -0.339 e. The Bertz CT molecular complexity index is 375. The molecule has 2 rings (SSSR count). The van der Waals surface area contributed by atoms with Gasteiger partial charge in [0.2, 0.25) is 5.91 Å². The maximum absolute atomic E-state index is 12.8. The number of nitrogens with two attached hydrogens (primary N) is 1. The molecular formula is C14H23F3N2O. The fraction of sp³-hybridized carbons (Fsp3) is 0.929. The van der Waals surface area contributed by atoms with Gasteiger partial charge in [0.25, 0.3) is 0 Å². The molecule has 20 heavy (non-hydrogen) atoms. The smallest absolute Gasteiger partial charge is 0.339 e. The van der Waals surface area contributed by atoms with Crippen LogP contribution in [-0.2, 0) is 4.79 Å². The maximum Gasteiger partial charge on any atom is 0.391 e. The molecule has 2 aliphatic rings. The van der Waals surface area contributed by atoms with Crippen LogP contribution in [0.1, 0.15) is 39.5 Å². The van der Waals surface area contributed by atoms with Crippen LogP contribution in [0.5, 0.6) is 0 Å². The average Bonchev–Trinajstić information content (AvgIpc) is 2.33. The third-order valence-corrected chi connectivity index (χ3v) is 4.92. The zero-order valence-corrected chi connectivity index (χ0v) is 12.0. The van der Waals surface area contributed by atoms with Crippen LogP contribution in [0.15, 0.2) is 0 Å². The molecule has 1 saturated heterocycles. The summed E-state index contributed by atoms with van der Waals surface area (Å²) < 4.78 is 38.3. The van der Waals surface area contributed by atoms with Crippen LogP contribution >= 0.6 is 0 Å². The lowest BCUT2D eigenvalue weighted by molar-refractivity contribution is -0.188. The second kappa shape index (κ2) is 5.20. The molecule has 0 spiro atoms. The minimum atomic E-state index is -4.18. The van der Waals surface area contributed by atoms with Crippen molar-refractivity contribution in [2.24, 2.45) is 23.5 Å². The molecular weight excluding hydrogens is 269 g/mol. The predicted molar refractivity (Wildman–Crippen MR) is 69.8 cm³/mol. The van der Waals surface area contributed by atoms with E-state index in [1.165, 1.54) is 0 Å². The normalized spacial score (nSPS) is 30.2. The fourth-order valence-electron chi connectivity index (χ4n) is 3.15. The van der Waals surface area contributed by atoms with Crippen molar-refractivity contribution in [3.8, 4) is 0 Å². The Balaban J connectivity index is 1.91.